The SMILES string of the molecule is C[C@H](Nc1nc(Nc2ccc[nH]c2=O)ncc1Cl)c1ccc(F)cn1. The van der Waals surface area contributed by atoms with Gasteiger partial charge in [0.1, 0.15) is 16.5 Å². The minimum absolute atomic E-state index is 0.211. The van der Waals surface area contributed by atoms with Gasteiger partial charge in [-0.05, 0) is 31.2 Å². The molecule has 0 saturated heterocycles. The second-order valence-electron chi connectivity index (χ2n) is 5.20. The van der Waals surface area contributed by atoms with Crippen LogP contribution in [0.3, 0.4) is 0 Å². The summed E-state index contributed by atoms with van der Waals surface area (Å²) in [5.74, 6) is 0.170. The van der Waals surface area contributed by atoms with Gasteiger partial charge in [-0.15, -0.1) is 0 Å². The molecule has 3 N–H and O–H groups in total. The third-order valence-corrected chi connectivity index (χ3v) is 3.63. The first-order valence-electron chi connectivity index (χ1n) is 7.38. The average Bonchev–Trinajstić information content (AvgIpc) is 2.60. The summed E-state index contributed by atoms with van der Waals surface area (Å²) in [5.41, 5.74) is 0.647. The summed E-state index contributed by atoms with van der Waals surface area (Å²) in [6, 6.07) is 5.93. The highest BCUT2D eigenvalue weighted by atomic mass is 35.5. The molecule has 0 aliphatic carbocycles. The van der Waals surface area contributed by atoms with Crippen molar-refractivity contribution in [1.82, 2.24) is 19.9 Å². The Morgan fingerprint density at radius 2 is 2.08 bits per heavy atom. The Bertz CT molecular complexity index is 930. The lowest BCUT2D eigenvalue weighted by atomic mass is 10.2. The summed E-state index contributed by atoms with van der Waals surface area (Å²) in [5, 5.41) is 6.23. The molecule has 128 valence electrons. The maximum Gasteiger partial charge on any atom is 0.271 e. The number of nitrogens with zero attached hydrogens (tertiary/aromatic N) is 3. The van der Waals surface area contributed by atoms with E-state index in [0.29, 0.717) is 22.2 Å². The Morgan fingerprint density at radius 3 is 2.80 bits per heavy atom. The lowest BCUT2D eigenvalue weighted by molar-refractivity contribution is 0.617. The summed E-state index contributed by atoms with van der Waals surface area (Å²) in [6.07, 6.45) is 4.09. The molecule has 0 fully saturated rings. The lowest BCUT2D eigenvalue weighted by Crippen LogP contribution is -2.13. The predicted molar refractivity (Wildman–Crippen MR) is 93.6 cm³/mol. The van der Waals surface area contributed by atoms with Gasteiger partial charge in [-0.1, -0.05) is 11.6 Å². The first-order chi connectivity index (χ1) is 12.0. The number of hydrogen-bond acceptors (Lipinski definition) is 6. The summed E-state index contributed by atoms with van der Waals surface area (Å²) < 4.78 is 13.0. The topological polar surface area (TPSA) is 95.6 Å². The van der Waals surface area contributed by atoms with Crippen LogP contribution >= 0.6 is 11.6 Å². The standard InChI is InChI=1S/C16H14ClFN6O/c1-9(12-5-4-10(18)7-20-12)22-14-11(17)8-21-16(24-14)23-13-3-2-6-19-15(13)25/h2-9H,1H3,(H,19,25)(H2,21,22,23,24)/t9-/m0/s1. The van der Waals surface area contributed by atoms with Gasteiger partial charge in [0, 0.05) is 6.20 Å². The number of H-pyrrole nitrogens is 1. The van der Waals surface area contributed by atoms with Gasteiger partial charge in [-0.2, -0.15) is 4.98 Å². The van der Waals surface area contributed by atoms with E-state index in [-0.39, 0.29) is 17.5 Å². The van der Waals surface area contributed by atoms with E-state index in [0.717, 1.165) is 6.20 Å². The predicted octanol–water partition coefficient (Wildman–Crippen LogP) is 3.27. The minimum Gasteiger partial charge on any atom is -0.361 e. The monoisotopic (exact) mass is 360 g/mol. The van der Waals surface area contributed by atoms with Crippen LogP contribution in [0.25, 0.3) is 0 Å². The highest BCUT2D eigenvalue weighted by Gasteiger charge is 2.12. The normalized spacial score (nSPS) is 11.8. The van der Waals surface area contributed by atoms with E-state index in [1.807, 2.05) is 6.92 Å². The number of rotatable bonds is 5. The fourth-order valence-electron chi connectivity index (χ4n) is 2.09. The van der Waals surface area contributed by atoms with Crippen LogP contribution in [0.2, 0.25) is 5.02 Å². The molecule has 0 aliphatic rings. The fourth-order valence-corrected chi connectivity index (χ4v) is 2.24. The Labute approximate surface area is 147 Å². The van der Waals surface area contributed by atoms with Crippen LogP contribution in [0.15, 0.2) is 47.7 Å². The molecule has 0 saturated carbocycles. The van der Waals surface area contributed by atoms with Crippen LogP contribution in [0, 0.1) is 5.82 Å². The second kappa shape index (κ2) is 7.27. The van der Waals surface area contributed by atoms with Crippen LogP contribution in [0.5, 0.6) is 0 Å². The summed E-state index contributed by atoms with van der Waals surface area (Å²) in [4.78, 5) is 26.6. The van der Waals surface area contributed by atoms with E-state index in [1.54, 1.807) is 18.2 Å². The Balaban J connectivity index is 1.81. The number of aromatic nitrogens is 4. The average molecular weight is 361 g/mol. The zero-order valence-corrected chi connectivity index (χ0v) is 13.9. The summed E-state index contributed by atoms with van der Waals surface area (Å²) in [6.45, 7) is 1.84. The van der Waals surface area contributed by atoms with Crippen LogP contribution in [-0.2, 0) is 0 Å². The second-order valence-corrected chi connectivity index (χ2v) is 5.60. The third kappa shape index (κ3) is 4.10. The largest absolute Gasteiger partial charge is 0.361 e. The van der Waals surface area contributed by atoms with Crippen molar-refractivity contribution in [3.8, 4) is 0 Å². The first-order valence-corrected chi connectivity index (χ1v) is 7.76. The molecule has 3 heterocycles. The molecule has 3 aromatic heterocycles. The zero-order chi connectivity index (χ0) is 17.8. The van der Waals surface area contributed by atoms with Crippen molar-refractivity contribution >= 4 is 29.1 Å². The van der Waals surface area contributed by atoms with Gasteiger partial charge in [-0.3, -0.25) is 9.78 Å². The molecule has 7 nitrogen and oxygen atoms in total. The smallest absolute Gasteiger partial charge is 0.271 e. The van der Waals surface area contributed by atoms with Crippen molar-refractivity contribution in [1.29, 1.82) is 0 Å². The van der Waals surface area contributed by atoms with Gasteiger partial charge in [0.15, 0.2) is 5.82 Å². The molecule has 0 unspecified atom stereocenters. The lowest BCUT2D eigenvalue weighted by Gasteiger charge is -2.15. The van der Waals surface area contributed by atoms with Crippen molar-refractivity contribution in [3.63, 3.8) is 0 Å². The molecule has 0 aromatic carbocycles. The molecule has 0 bridgehead atoms. The molecule has 25 heavy (non-hydrogen) atoms. The summed E-state index contributed by atoms with van der Waals surface area (Å²) >= 11 is 6.12. The van der Waals surface area contributed by atoms with Crippen LogP contribution in [0.1, 0.15) is 18.7 Å². The van der Waals surface area contributed by atoms with E-state index in [4.69, 9.17) is 11.6 Å². The van der Waals surface area contributed by atoms with E-state index < -0.39 is 5.82 Å². The maximum absolute atomic E-state index is 13.0. The van der Waals surface area contributed by atoms with Crippen molar-refractivity contribution in [2.45, 2.75) is 13.0 Å². The highest BCUT2D eigenvalue weighted by Crippen LogP contribution is 2.24. The van der Waals surface area contributed by atoms with E-state index in [1.165, 1.54) is 18.5 Å². The Hall–Kier alpha value is -3.00. The van der Waals surface area contributed by atoms with Gasteiger partial charge < -0.3 is 15.6 Å². The van der Waals surface area contributed by atoms with E-state index in [2.05, 4.69) is 30.6 Å². The molecule has 9 heteroatoms. The molecule has 1 atom stereocenters. The molecular weight excluding hydrogens is 347 g/mol. The number of aromatic amines is 1. The molecule has 0 radical (unpaired) electrons. The number of halogens is 2. The van der Waals surface area contributed by atoms with Crippen LogP contribution in [0.4, 0.5) is 21.8 Å². The van der Waals surface area contributed by atoms with Gasteiger partial charge in [-0.25, -0.2) is 9.37 Å². The summed E-state index contributed by atoms with van der Waals surface area (Å²) in [7, 11) is 0. The first kappa shape index (κ1) is 16.8. The van der Waals surface area contributed by atoms with Crippen LogP contribution in [-0.4, -0.2) is 19.9 Å². The van der Waals surface area contributed by atoms with Gasteiger partial charge >= 0.3 is 0 Å². The van der Waals surface area contributed by atoms with Crippen molar-refractivity contribution in [3.05, 3.63) is 69.7 Å². The fraction of sp³-hybridized carbons (Fsp3) is 0.125. The molecule has 0 spiro atoms. The van der Waals surface area contributed by atoms with Crippen molar-refractivity contribution < 1.29 is 4.39 Å². The van der Waals surface area contributed by atoms with E-state index in [9.17, 15) is 9.18 Å². The van der Waals surface area contributed by atoms with Gasteiger partial charge in [0.25, 0.3) is 5.56 Å². The molecule has 3 aromatic rings. The quantitative estimate of drug-likeness (QED) is 0.646. The zero-order valence-electron chi connectivity index (χ0n) is 13.1. The molecule has 0 aliphatic heterocycles. The minimum atomic E-state index is -0.407. The molecule has 0 amide bonds. The third-order valence-electron chi connectivity index (χ3n) is 3.36. The van der Waals surface area contributed by atoms with Gasteiger partial charge in [0.2, 0.25) is 5.95 Å². The van der Waals surface area contributed by atoms with Crippen LogP contribution < -0.4 is 16.2 Å². The van der Waals surface area contributed by atoms with Crippen molar-refractivity contribution in [2.24, 2.45) is 0 Å². The molecular formula is C16H14ClFN6O. The van der Waals surface area contributed by atoms with E-state index >= 15 is 0 Å². The Morgan fingerprint density at radius 1 is 1.24 bits per heavy atom. The Kier molecular flexibility index (Phi) is 4.90. The number of anilines is 3. The highest BCUT2D eigenvalue weighted by molar-refractivity contribution is 6.32. The number of nitrogens with one attached hydrogen (secondary N) is 3. The number of hydrogen-bond donors (Lipinski definition) is 3. The molecule has 3 rings (SSSR count). The van der Waals surface area contributed by atoms with Gasteiger partial charge in [0.05, 0.1) is 24.1 Å². The maximum atomic E-state index is 13.0. The number of pyridine rings is 2. The van der Waals surface area contributed by atoms with Crippen molar-refractivity contribution in [2.75, 3.05) is 10.6 Å².